The van der Waals surface area contributed by atoms with Crippen LogP contribution < -0.4 is 10.2 Å². The summed E-state index contributed by atoms with van der Waals surface area (Å²) < 4.78 is 0. The smallest absolute Gasteiger partial charge is 0.0371 e. The molecule has 1 aromatic rings. The van der Waals surface area contributed by atoms with Crippen LogP contribution in [0, 0.1) is 6.92 Å². The first-order valence-electron chi connectivity index (χ1n) is 8.67. The third-order valence-electron chi connectivity index (χ3n) is 4.07. The van der Waals surface area contributed by atoms with Crippen LogP contribution >= 0.6 is 0 Å². The van der Waals surface area contributed by atoms with E-state index in [4.69, 9.17) is 0 Å². The van der Waals surface area contributed by atoms with Crippen LogP contribution in [0.5, 0.6) is 0 Å². The molecule has 0 saturated heterocycles. The monoisotopic (exact) mass is 290 g/mol. The van der Waals surface area contributed by atoms with Crippen LogP contribution in [-0.4, -0.2) is 20.6 Å². The summed E-state index contributed by atoms with van der Waals surface area (Å²) in [5.74, 6) is 0. The van der Waals surface area contributed by atoms with Crippen LogP contribution in [0.4, 0.5) is 11.4 Å². The lowest BCUT2D eigenvalue weighted by molar-refractivity contribution is 0.581. The minimum atomic E-state index is 1.09. The number of rotatable bonds is 11. The summed E-state index contributed by atoms with van der Waals surface area (Å²) in [5, 5.41) is 3.57. The lowest BCUT2D eigenvalue weighted by Crippen LogP contribution is -2.09. The molecule has 0 aliphatic rings. The van der Waals surface area contributed by atoms with Gasteiger partial charge in [-0.15, -0.1) is 0 Å². The van der Waals surface area contributed by atoms with Crippen molar-refractivity contribution in [3.63, 3.8) is 0 Å². The van der Waals surface area contributed by atoms with Gasteiger partial charge < -0.3 is 10.2 Å². The zero-order valence-electron chi connectivity index (χ0n) is 14.5. The molecule has 0 unspecified atom stereocenters. The predicted octanol–water partition coefficient (Wildman–Crippen LogP) is 5.61. The topological polar surface area (TPSA) is 15.3 Å². The summed E-state index contributed by atoms with van der Waals surface area (Å²) in [6, 6.07) is 6.63. The van der Waals surface area contributed by atoms with E-state index in [9.17, 15) is 0 Å². The second-order valence-electron chi connectivity index (χ2n) is 6.30. The van der Waals surface area contributed by atoms with Crippen molar-refractivity contribution in [3.05, 3.63) is 23.8 Å². The Bertz CT molecular complexity index is 385. The Labute approximate surface area is 131 Å². The molecule has 0 aliphatic carbocycles. The molecular formula is C19H34N2. The average molecular weight is 290 g/mol. The van der Waals surface area contributed by atoms with Crippen molar-refractivity contribution in [1.29, 1.82) is 0 Å². The Morgan fingerprint density at radius 3 is 2.10 bits per heavy atom. The molecule has 0 radical (unpaired) electrons. The summed E-state index contributed by atoms with van der Waals surface area (Å²) >= 11 is 0. The molecule has 0 spiro atoms. The highest BCUT2D eigenvalue weighted by Crippen LogP contribution is 2.21. The van der Waals surface area contributed by atoms with Crippen molar-refractivity contribution in [3.8, 4) is 0 Å². The predicted molar refractivity (Wildman–Crippen MR) is 96.6 cm³/mol. The molecule has 0 atom stereocenters. The minimum absolute atomic E-state index is 1.09. The van der Waals surface area contributed by atoms with Crippen LogP contribution in [-0.2, 0) is 0 Å². The fraction of sp³-hybridized carbons (Fsp3) is 0.684. The van der Waals surface area contributed by atoms with Crippen LogP contribution in [0.2, 0.25) is 0 Å². The quantitative estimate of drug-likeness (QED) is 0.533. The molecule has 1 N–H and O–H groups in total. The normalized spacial score (nSPS) is 10.7. The first-order valence-corrected chi connectivity index (χ1v) is 8.67. The second kappa shape index (κ2) is 10.5. The van der Waals surface area contributed by atoms with E-state index in [2.05, 4.69) is 56.4 Å². The van der Waals surface area contributed by atoms with Crippen molar-refractivity contribution in [2.24, 2.45) is 0 Å². The molecule has 0 heterocycles. The molecule has 120 valence electrons. The van der Waals surface area contributed by atoms with E-state index in [1.807, 2.05) is 0 Å². The Morgan fingerprint density at radius 1 is 0.905 bits per heavy atom. The summed E-state index contributed by atoms with van der Waals surface area (Å²) in [7, 11) is 4.17. The lowest BCUT2D eigenvalue weighted by atomic mass is 10.1. The van der Waals surface area contributed by atoms with Crippen LogP contribution in [0.15, 0.2) is 18.2 Å². The number of hydrogen-bond donors (Lipinski definition) is 1. The first-order chi connectivity index (χ1) is 10.1. The molecule has 21 heavy (non-hydrogen) atoms. The maximum atomic E-state index is 3.57. The van der Waals surface area contributed by atoms with Crippen molar-refractivity contribution >= 4 is 11.4 Å². The molecule has 0 amide bonds. The van der Waals surface area contributed by atoms with Crippen LogP contribution in [0.25, 0.3) is 0 Å². The number of unbranched alkanes of at least 4 members (excludes halogenated alkanes) is 7. The second-order valence-corrected chi connectivity index (χ2v) is 6.30. The van der Waals surface area contributed by atoms with Gasteiger partial charge in [0.15, 0.2) is 0 Å². The fourth-order valence-electron chi connectivity index (χ4n) is 2.61. The van der Waals surface area contributed by atoms with Gasteiger partial charge in [0, 0.05) is 32.0 Å². The maximum absolute atomic E-state index is 3.57. The van der Waals surface area contributed by atoms with Gasteiger partial charge in [-0.25, -0.2) is 0 Å². The Balaban J connectivity index is 2.13. The molecule has 0 fully saturated rings. The van der Waals surface area contributed by atoms with Crippen molar-refractivity contribution < 1.29 is 0 Å². The minimum Gasteiger partial charge on any atom is -0.385 e. The lowest BCUT2D eigenvalue weighted by Gasteiger charge is -2.16. The molecular weight excluding hydrogens is 256 g/mol. The third-order valence-corrected chi connectivity index (χ3v) is 4.07. The van der Waals surface area contributed by atoms with Gasteiger partial charge in [-0.2, -0.15) is 0 Å². The molecule has 2 heteroatoms. The largest absolute Gasteiger partial charge is 0.385 e. The van der Waals surface area contributed by atoms with E-state index >= 15 is 0 Å². The first kappa shape index (κ1) is 17.9. The Morgan fingerprint density at radius 2 is 1.52 bits per heavy atom. The number of anilines is 2. The zero-order valence-corrected chi connectivity index (χ0v) is 14.5. The van der Waals surface area contributed by atoms with Gasteiger partial charge >= 0.3 is 0 Å². The number of benzene rings is 1. The molecule has 0 saturated carbocycles. The van der Waals surface area contributed by atoms with E-state index in [0.717, 1.165) is 6.54 Å². The van der Waals surface area contributed by atoms with E-state index in [-0.39, 0.29) is 0 Å². The van der Waals surface area contributed by atoms with Gasteiger partial charge in [0.05, 0.1) is 0 Å². The zero-order chi connectivity index (χ0) is 15.5. The van der Waals surface area contributed by atoms with Crippen molar-refractivity contribution in [2.75, 3.05) is 30.9 Å². The summed E-state index contributed by atoms with van der Waals surface area (Å²) in [5.41, 5.74) is 3.88. The van der Waals surface area contributed by atoms with Crippen LogP contribution in [0.1, 0.15) is 63.9 Å². The van der Waals surface area contributed by atoms with Gasteiger partial charge in [0.25, 0.3) is 0 Å². The molecule has 2 nitrogen and oxygen atoms in total. The van der Waals surface area contributed by atoms with E-state index < -0.39 is 0 Å². The summed E-state index contributed by atoms with van der Waals surface area (Å²) in [4.78, 5) is 2.15. The highest BCUT2D eigenvalue weighted by atomic mass is 15.1. The van der Waals surface area contributed by atoms with Gasteiger partial charge in [0.1, 0.15) is 0 Å². The number of aryl methyl sites for hydroxylation is 1. The summed E-state index contributed by atoms with van der Waals surface area (Å²) in [6.07, 6.45) is 11.0. The Kier molecular flexibility index (Phi) is 8.96. The molecule has 0 aliphatic heterocycles. The average Bonchev–Trinajstić information content (AvgIpc) is 2.46. The standard InChI is InChI=1S/C19H34N2/c1-5-6-7-8-9-10-11-12-15-20-19-14-13-18(21(3)4)16-17(19)2/h13-14,16,20H,5-12,15H2,1-4H3. The van der Waals surface area contributed by atoms with Gasteiger partial charge in [-0.1, -0.05) is 51.9 Å². The molecule has 0 bridgehead atoms. The fourth-order valence-corrected chi connectivity index (χ4v) is 2.61. The SMILES string of the molecule is CCCCCCCCCCNc1ccc(N(C)C)cc1C. The maximum Gasteiger partial charge on any atom is 0.0371 e. The van der Waals surface area contributed by atoms with Gasteiger partial charge in [0.2, 0.25) is 0 Å². The molecule has 1 aromatic carbocycles. The van der Waals surface area contributed by atoms with E-state index in [0.29, 0.717) is 0 Å². The van der Waals surface area contributed by atoms with E-state index in [1.165, 1.54) is 68.3 Å². The number of hydrogen-bond acceptors (Lipinski definition) is 2. The van der Waals surface area contributed by atoms with Gasteiger partial charge in [-0.05, 0) is 37.1 Å². The molecule has 0 aromatic heterocycles. The number of nitrogens with one attached hydrogen (secondary N) is 1. The number of nitrogens with zero attached hydrogens (tertiary/aromatic N) is 1. The van der Waals surface area contributed by atoms with Crippen LogP contribution in [0.3, 0.4) is 0 Å². The summed E-state index contributed by atoms with van der Waals surface area (Å²) in [6.45, 7) is 5.55. The highest BCUT2D eigenvalue weighted by Gasteiger charge is 2.01. The van der Waals surface area contributed by atoms with Crippen molar-refractivity contribution in [2.45, 2.75) is 65.2 Å². The van der Waals surface area contributed by atoms with E-state index in [1.54, 1.807) is 0 Å². The third kappa shape index (κ3) is 7.40. The van der Waals surface area contributed by atoms with Gasteiger partial charge in [-0.3, -0.25) is 0 Å². The Hall–Kier alpha value is -1.18. The van der Waals surface area contributed by atoms with Crippen molar-refractivity contribution in [1.82, 2.24) is 0 Å². The highest BCUT2D eigenvalue weighted by molar-refractivity contribution is 5.59. The molecule has 1 rings (SSSR count).